The molecular formula is C10H12N4OS. The van der Waals surface area contributed by atoms with E-state index >= 15 is 0 Å². The third-order valence-corrected chi connectivity index (χ3v) is 2.72. The normalized spacial score (nSPS) is 10.4. The summed E-state index contributed by atoms with van der Waals surface area (Å²) >= 11 is 1.38. The Labute approximate surface area is 97.7 Å². The van der Waals surface area contributed by atoms with Gasteiger partial charge in [0.05, 0.1) is 6.20 Å². The Morgan fingerprint density at radius 1 is 1.44 bits per heavy atom. The summed E-state index contributed by atoms with van der Waals surface area (Å²) in [6, 6.07) is 1.87. The van der Waals surface area contributed by atoms with E-state index in [1.807, 2.05) is 20.0 Å². The Balaban J connectivity index is 2.26. The lowest BCUT2D eigenvalue weighted by molar-refractivity contribution is 0.454. The molecular weight excluding hydrogens is 224 g/mol. The van der Waals surface area contributed by atoms with Gasteiger partial charge in [0, 0.05) is 19.5 Å². The monoisotopic (exact) mass is 236 g/mol. The molecule has 0 saturated carbocycles. The lowest BCUT2D eigenvalue weighted by Crippen LogP contribution is -2.00. The summed E-state index contributed by atoms with van der Waals surface area (Å²) in [7, 11) is 1.83. The third-order valence-electron chi connectivity index (χ3n) is 1.92. The van der Waals surface area contributed by atoms with E-state index in [0.29, 0.717) is 5.22 Å². The Kier molecular flexibility index (Phi) is 3.40. The summed E-state index contributed by atoms with van der Waals surface area (Å²) in [5, 5.41) is 4.42. The topological polar surface area (TPSA) is 63.8 Å². The second-order valence-corrected chi connectivity index (χ2v) is 3.98. The van der Waals surface area contributed by atoms with Gasteiger partial charge >= 0.3 is 0 Å². The number of hydrogen-bond donors (Lipinski definition) is 1. The van der Waals surface area contributed by atoms with Crippen molar-refractivity contribution < 1.29 is 4.42 Å². The average molecular weight is 236 g/mol. The predicted molar refractivity (Wildman–Crippen MR) is 61.6 cm³/mol. The first-order chi connectivity index (χ1) is 7.81. The van der Waals surface area contributed by atoms with Gasteiger partial charge in [-0.25, -0.2) is 15.0 Å². The maximum Gasteiger partial charge on any atom is 0.261 e. The molecule has 0 aliphatic carbocycles. The van der Waals surface area contributed by atoms with E-state index in [1.54, 1.807) is 12.5 Å². The molecule has 0 spiro atoms. The van der Waals surface area contributed by atoms with Crippen molar-refractivity contribution in [1.82, 2.24) is 15.0 Å². The summed E-state index contributed by atoms with van der Waals surface area (Å²) in [6.45, 7) is 2.02. The summed E-state index contributed by atoms with van der Waals surface area (Å²) < 4.78 is 5.16. The molecule has 2 aromatic rings. The smallest absolute Gasteiger partial charge is 0.261 e. The van der Waals surface area contributed by atoms with E-state index in [1.165, 1.54) is 11.8 Å². The summed E-state index contributed by atoms with van der Waals surface area (Å²) in [6.07, 6.45) is 3.96. The number of aryl methyl sites for hydroxylation is 1. The van der Waals surface area contributed by atoms with Gasteiger partial charge in [-0.3, -0.25) is 0 Å². The zero-order valence-corrected chi connectivity index (χ0v) is 9.91. The Morgan fingerprint density at radius 3 is 2.94 bits per heavy atom. The number of anilines is 1. The van der Waals surface area contributed by atoms with Gasteiger partial charge in [-0.2, -0.15) is 0 Å². The third kappa shape index (κ3) is 2.52. The predicted octanol–water partition coefficient (Wildman–Crippen LogP) is 2.22. The van der Waals surface area contributed by atoms with Gasteiger partial charge in [0.15, 0.2) is 0 Å². The SMILES string of the molecule is CCc1nc(NC)cc(Sc2ncco2)n1. The van der Waals surface area contributed by atoms with Gasteiger partial charge in [-0.1, -0.05) is 6.92 Å². The molecule has 0 fully saturated rings. The van der Waals surface area contributed by atoms with Crippen LogP contribution in [0.15, 0.2) is 33.2 Å². The Hall–Kier alpha value is -1.56. The molecule has 2 rings (SSSR count). The molecule has 0 atom stereocenters. The number of aromatic nitrogens is 3. The number of nitrogens with zero attached hydrogens (tertiary/aromatic N) is 3. The molecule has 5 nitrogen and oxygen atoms in total. The van der Waals surface area contributed by atoms with Gasteiger partial charge in [0.2, 0.25) is 0 Å². The van der Waals surface area contributed by atoms with Crippen molar-refractivity contribution in [3.63, 3.8) is 0 Å². The van der Waals surface area contributed by atoms with E-state index in [9.17, 15) is 0 Å². The second-order valence-electron chi connectivity index (χ2n) is 3.01. The number of hydrogen-bond acceptors (Lipinski definition) is 6. The zero-order chi connectivity index (χ0) is 11.4. The van der Waals surface area contributed by atoms with Crippen molar-refractivity contribution in [3.8, 4) is 0 Å². The van der Waals surface area contributed by atoms with Gasteiger partial charge in [-0.15, -0.1) is 0 Å². The van der Waals surface area contributed by atoms with Crippen molar-refractivity contribution in [1.29, 1.82) is 0 Å². The van der Waals surface area contributed by atoms with Crippen LogP contribution in [-0.2, 0) is 6.42 Å². The first kappa shape index (κ1) is 10.9. The Morgan fingerprint density at radius 2 is 2.31 bits per heavy atom. The largest absolute Gasteiger partial charge is 0.440 e. The van der Waals surface area contributed by atoms with Crippen LogP contribution in [0.1, 0.15) is 12.7 Å². The number of oxazole rings is 1. The molecule has 84 valence electrons. The van der Waals surface area contributed by atoms with Crippen molar-refractivity contribution >= 4 is 17.6 Å². The molecule has 0 saturated heterocycles. The van der Waals surface area contributed by atoms with Crippen LogP contribution in [0.25, 0.3) is 0 Å². The van der Waals surface area contributed by atoms with Crippen molar-refractivity contribution in [2.75, 3.05) is 12.4 Å². The molecule has 0 bridgehead atoms. The van der Waals surface area contributed by atoms with Crippen LogP contribution in [0.3, 0.4) is 0 Å². The minimum atomic E-state index is 0.586. The van der Waals surface area contributed by atoms with E-state index in [4.69, 9.17) is 4.42 Å². The molecule has 2 heterocycles. The average Bonchev–Trinajstić information content (AvgIpc) is 2.81. The molecule has 0 radical (unpaired) electrons. The lowest BCUT2D eigenvalue weighted by Gasteiger charge is -2.04. The molecule has 16 heavy (non-hydrogen) atoms. The second kappa shape index (κ2) is 4.98. The Bertz CT molecular complexity index is 436. The lowest BCUT2D eigenvalue weighted by atomic mass is 10.4. The van der Waals surface area contributed by atoms with Crippen molar-refractivity contribution in [3.05, 3.63) is 24.4 Å². The quantitative estimate of drug-likeness (QED) is 0.821. The fourth-order valence-corrected chi connectivity index (χ4v) is 1.88. The highest BCUT2D eigenvalue weighted by molar-refractivity contribution is 7.99. The van der Waals surface area contributed by atoms with Crippen LogP contribution in [0.5, 0.6) is 0 Å². The summed E-state index contributed by atoms with van der Waals surface area (Å²) in [4.78, 5) is 12.7. The molecule has 1 N–H and O–H groups in total. The van der Waals surface area contributed by atoms with Crippen LogP contribution >= 0.6 is 11.8 Å². The molecule has 0 aromatic carbocycles. The van der Waals surface area contributed by atoms with E-state index in [2.05, 4.69) is 20.3 Å². The maximum absolute atomic E-state index is 5.16. The van der Waals surface area contributed by atoms with Gasteiger partial charge in [-0.05, 0) is 11.8 Å². The van der Waals surface area contributed by atoms with E-state index in [-0.39, 0.29) is 0 Å². The molecule has 0 aliphatic rings. The first-order valence-corrected chi connectivity index (χ1v) is 5.76. The minimum absolute atomic E-state index is 0.586. The summed E-state index contributed by atoms with van der Waals surface area (Å²) in [5.74, 6) is 1.61. The number of nitrogens with one attached hydrogen (secondary N) is 1. The summed E-state index contributed by atoms with van der Waals surface area (Å²) in [5.41, 5.74) is 0. The number of rotatable bonds is 4. The fraction of sp³-hybridized carbons (Fsp3) is 0.300. The van der Waals surface area contributed by atoms with Gasteiger partial charge < -0.3 is 9.73 Å². The van der Waals surface area contributed by atoms with E-state index < -0.39 is 0 Å². The van der Waals surface area contributed by atoms with Gasteiger partial charge in [0.1, 0.15) is 22.9 Å². The maximum atomic E-state index is 5.16. The highest BCUT2D eigenvalue weighted by Crippen LogP contribution is 2.25. The fourth-order valence-electron chi connectivity index (χ4n) is 1.16. The van der Waals surface area contributed by atoms with Crippen molar-refractivity contribution in [2.24, 2.45) is 0 Å². The molecule has 0 unspecified atom stereocenters. The van der Waals surface area contributed by atoms with Crippen LogP contribution < -0.4 is 5.32 Å². The van der Waals surface area contributed by atoms with Crippen LogP contribution in [-0.4, -0.2) is 22.0 Å². The van der Waals surface area contributed by atoms with E-state index in [0.717, 1.165) is 23.1 Å². The van der Waals surface area contributed by atoms with Crippen LogP contribution in [0.2, 0.25) is 0 Å². The minimum Gasteiger partial charge on any atom is -0.440 e. The first-order valence-electron chi connectivity index (χ1n) is 4.95. The molecule has 2 aromatic heterocycles. The van der Waals surface area contributed by atoms with Crippen LogP contribution in [0.4, 0.5) is 5.82 Å². The van der Waals surface area contributed by atoms with Crippen LogP contribution in [0, 0.1) is 0 Å². The highest BCUT2D eigenvalue weighted by atomic mass is 32.2. The molecule has 0 aliphatic heterocycles. The highest BCUT2D eigenvalue weighted by Gasteiger charge is 2.06. The molecule has 6 heteroatoms. The zero-order valence-electron chi connectivity index (χ0n) is 9.10. The van der Waals surface area contributed by atoms with Crippen molar-refractivity contribution in [2.45, 2.75) is 23.6 Å². The standard InChI is InChI=1S/C10H12N4OS/c1-3-7-13-8(11-2)6-9(14-7)16-10-12-4-5-15-10/h4-6H,3H2,1-2H3,(H,11,13,14). The van der Waals surface area contributed by atoms with Gasteiger partial charge in [0.25, 0.3) is 5.22 Å². The molecule has 0 amide bonds.